The zero-order valence-corrected chi connectivity index (χ0v) is 13.5. The number of thiocarbonyl (C=S) groups is 1. The standard InChI is InChI=1S/C15H22N2S2/c1-15(2)7-9-17(10-8-15)11-5-4-6-12(19-3)13(11)14(16)18/h4-6H,7-10H2,1-3H3,(H2,16,18). The first kappa shape index (κ1) is 14.7. The highest BCUT2D eigenvalue weighted by Gasteiger charge is 2.27. The highest BCUT2D eigenvalue weighted by molar-refractivity contribution is 7.98. The molecule has 0 radical (unpaired) electrons. The van der Waals surface area contributed by atoms with Crippen molar-refractivity contribution >= 4 is 34.7 Å². The molecule has 2 N–H and O–H groups in total. The smallest absolute Gasteiger partial charge is 0.107 e. The summed E-state index contributed by atoms with van der Waals surface area (Å²) in [4.78, 5) is 4.11. The Hall–Kier alpha value is -0.740. The molecule has 1 aliphatic heterocycles. The molecule has 0 bridgehead atoms. The fourth-order valence-electron chi connectivity index (χ4n) is 2.55. The zero-order valence-electron chi connectivity index (χ0n) is 11.9. The minimum Gasteiger partial charge on any atom is -0.389 e. The molecule has 104 valence electrons. The predicted molar refractivity (Wildman–Crippen MR) is 89.3 cm³/mol. The highest BCUT2D eigenvalue weighted by atomic mass is 32.2. The van der Waals surface area contributed by atoms with E-state index in [1.165, 1.54) is 23.4 Å². The first-order chi connectivity index (χ1) is 8.94. The molecule has 4 heteroatoms. The van der Waals surface area contributed by atoms with Crippen LogP contribution in [0.3, 0.4) is 0 Å². The molecule has 0 spiro atoms. The van der Waals surface area contributed by atoms with Gasteiger partial charge in [-0.25, -0.2) is 0 Å². The van der Waals surface area contributed by atoms with Crippen LogP contribution in [0, 0.1) is 5.41 Å². The second kappa shape index (κ2) is 5.71. The Kier molecular flexibility index (Phi) is 4.41. The Labute approximate surface area is 125 Å². The van der Waals surface area contributed by atoms with Crippen LogP contribution in [0.5, 0.6) is 0 Å². The minimum atomic E-state index is 0.455. The Bertz CT molecular complexity index is 473. The van der Waals surface area contributed by atoms with Crippen LogP contribution in [-0.4, -0.2) is 24.3 Å². The van der Waals surface area contributed by atoms with Crippen molar-refractivity contribution in [3.8, 4) is 0 Å². The normalized spacial score (nSPS) is 18.4. The maximum atomic E-state index is 5.94. The maximum absolute atomic E-state index is 5.94. The monoisotopic (exact) mass is 294 g/mol. The van der Waals surface area contributed by atoms with Crippen LogP contribution in [0.15, 0.2) is 23.1 Å². The van der Waals surface area contributed by atoms with Gasteiger partial charge in [-0.2, -0.15) is 0 Å². The van der Waals surface area contributed by atoms with Gasteiger partial charge < -0.3 is 10.6 Å². The molecular weight excluding hydrogens is 272 g/mol. The number of anilines is 1. The van der Waals surface area contributed by atoms with Crippen molar-refractivity contribution in [2.24, 2.45) is 11.1 Å². The molecule has 0 aliphatic carbocycles. The number of benzene rings is 1. The summed E-state index contributed by atoms with van der Waals surface area (Å²) in [5, 5.41) is 0. The number of piperidine rings is 1. The third-order valence-electron chi connectivity index (χ3n) is 3.93. The number of hydrogen-bond acceptors (Lipinski definition) is 3. The van der Waals surface area contributed by atoms with E-state index in [2.05, 4.69) is 43.2 Å². The fraction of sp³-hybridized carbons (Fsp3) is 0.533. The first-order valence-electron chi connectivity index (χ1n) is 6.66. The van der Waals surface area contributed by atoms with Gasteiger partial charge in [0.05, 0.1) is 0 Å². The predicted octanol–water partition coefficient (Wildman–Crippen LogP) is 3.67. The molecule has 1 aromatic rings. The number of rotatable bonds is 3. The zero-order chi connectivity index (χ0) is 14.0. The van der Waals surface area contributed by atoms with Crippen molar-refractivity contribution < 1.29 is 0 Å². The van der Waals surface area contributed by atoms with Gasteiger partial charge in [0, 0.05) is 29.2 Å². The van der Waals surface area contributed by atoms with Crippen LogP contribution in [-0.2, 0) is 0 Å². The topological polar surface area (TPSA) is 29.3 Å². The number of thioether (sulfide) groups is 1. The first-order valence-corrected chi connectivity index (χ1v) is 8.30. The molecule has 1 fully saturated rings. The molecule has 19 heavy (non-hydrogen) atoms. The molecule has 2 nitrogen and oxygen atoms in total. The van der Waals surface area contributed by atoms with E-state index in [4.69, 9.17) is 18.0 Å². The number of hydrogen-bond donors (Lipinski definition) is 1. The summed E-state index contributed by atoms with van der Waals surface area (Å²) in [5.74, 6) is 0. The third-order valence-corrected chi connectivity index (χ3v) is 4.91. The van der Waals surface area contributed by atoms with E-state index in [-0.39, 0.29) is 0 Å². The van der Waals surface area contributed by atoms with Crippen LogP contribution in [0.1, 0.15) is 32.3 Å². The molecule has 2 rings (SSSR count). The van der Waals surface area contributed by atoms with Gasteiger partial charge in [0.15, 0.2) is 0 Å². The summed E-state index contributed by atoms with van der Waals surface area (Å²) in [6.07, 6.45) is 4.50. The van der Waals surface area contributed by atoms with E-state index in [0.717, 1.165) is 18.7 Å². The average Bonchev–Trinajstić information content (AvgIpc) is 2.37. The molecule has 1 saturated heterocycles. The summed E-state index contributed by atoms with van der Waals surface area (Å²) in [7, 11) is 0. The second-order valence-electron chi connectivity index (χ2n) is 5.87. The molecule has 0 atom stereocenters. The van der Waals surface area contributed by atoms with E-state index < -0.39 is 0 Å². The van der Waals surface area contributed by atoms with Gasteiger partial charge in [-0.3, -0.25) is 0 Å². The van der Waals surface area contributed by atoms with Crippen LogP contribution in [0.25, 0.3) is 0 Å². The Morgan fingerprint density at radius 3 is 2.47 bits per heavy atom. The molecule has 0 saturated carbocycles. The van der Waals surface area contributed by atoms with Gasteiger partial charge >= 0.3 is 0 Å². The Morgan fingerprint density at radius 2 is 1.95 bits per heavy atom. The lowest BCUT2D eigenvalue weighted by atomic mass is 9.82. The van der Waals surface area contributed by atoms with E-state index in [0.29, 0.717) is 10.4 Å². The van der Waals surface area contributed by atoms with Crippen LogP contribution in [0.2, 0.25) is 0 Å². The summed E-state index contributed by atoms with van der Waals surface area (Å²) >= 11 is 6.96. The van der Waals surface area contributed by atoms with Gasteiger partial charge in [0.25, 0.3) is 0 Å². The highest BCUT2D eigenvalue weighted by Crippen LogP contribution is 2.35. The molecule has 0 aromatic heterocycles. The summed E-state index contributed by atoms with van der Waals surface area (Å²) in [5.41, 5.74) is 8.65. The molecular formula is C15H22N2S2. The van der Waals surface area contributed by atoms with Gasteiger partial charge in [0.1, 0.15) is 4.99 Å². The minimum absolute atomic E-state index is 0.455. The molecule has 0 amide bonds. The number of nitrogens with zero attached hydrogens (tertiary/aromatic N) is 1. The van der Waals surface area contributed by atoms with Gasteiger partial charge in [0.2, 0.25) is 0 Å². The van der Waals surface area contributed by atoms with Crippen molar-refractivity contribution in [3.63, 3.8) is 0 Å². The quantitative estimate of drug-likeness (QED) is 0.680. The lowest BCUT2D eigenvalue weighted by Gasteiger charge is -2.39. The van der Waals surface area contributed by atoms with Gasteiger partial charge in [-0.05, 0) is 36.6 Å². The molecule has 1 aromatic carbocycles. The fourth-order valence-corrected chi connectivity index (χ4v) is 3.47. The lowest BCUT2D eigenvalue weighted by Crippen LogP contribution is -2.38. The maximum Gasteiger partial charge on any atom is 0.107 e. The largest absolute Gasteiger partial charge is 0.389 e. The van der Waals surface area contributed by atoms with Crippen molar-refractivity contribution in [3.05, 3.63) is 23.8 Å². The third kappa shape index (κ3) is 3.23. The second-order valence-corrected chi connectivity index (χ2v) is 7.16. The Morgan fingerprint density at radius 1 is 1.32 bits per heavy atom. The van der Waals surface area contributed by atoms with E-state index in [9.17, 15) is 0 Å². The summed E-state index contributed by atoms with van der Waals surface area (Å²) in [6, 6.07) is 6.34. The summed E-state index contributed by atoms with van der Waals surface area (Å²) < 4.78 is 0. The summed E-state index contributed by atoms with van der Waals surface area (Å²) in [6.45, 7) is 6.86. The number of nitrogens with two attached hydrogens (primary N) is 1. The van der Waals surface area contributed by atoms with Crippen LogP contribution >= 0.6 is 24.0 Å². The van der Waals surface area contributed by atoms with Crippen LogP contribution in [0.4, 0.5) is 5.69 Å². The van der Waals surface area contributed by atoms with Crippen molar-refractivity contribution in [1.29, 1.82) is 0 Å². The lowest BCUT2D eigenvalue weighted by molar-refractivity contribution is 0.280. The molecule has 0 unspecified atom stereocenters. The van der Waals surface area contributed by atoms with Crippen molar-refractivity contribution in [2.75, 3.05) is 24.2 Å². The molecule has 1 aliphatic rings. The SMILES string of the molecule is CSc1cccc(N2CCC(C)(C)CC2)c1C(N)=S. The molecule has 1 heterocycles. The van der Waals surface area contributed by atoms with E-state index in [1.54, 1.807) is 11.8 Å². The average molecular weight is 294 g/mol. The Balaban J connectivity index is 2.32. The van der Waals surface area contributed by atoms with Crippen molar-refractivity contribution in [2.45, 2.75) is 31.6 Å². The van der Waals surface area contributed by atoms with E-state index in [1.807, 2.05) is 0 Å². The van der Waals surface area contributed by atoms with Gasteiger partial charge in [-0.1, -0.05) is 32.1 Å². The van der Waals surface area contributed by atoms with Crippen molar-refractivity contribution in [1.82, 2.24) is 0 Å². The van der Waals surface area contributed by atoms with Gasteiger partial charge in [-0.15, -0.1) is 11.8 Å². The van der Waals surface area contributed by atoms with Crippen LogP contribution < -0.4 is 10.6 Å². The van der Waals surface area contributed by atoms with E-state index >= 15 is 0 Å².